The molecule has 42 valence electrons. The van der Waals surface area contributed by atoms with Crippen LogP contribution in [0, 0.1) is 0 Å². The molecule has 0 unspecified atom stereocenters. The molecule has 0 aromatic rings. The first-order valence-corrected chi connectivity index (χ1v) is 3.06. The number of hydrogen-bond donors (Lipinski definition) is 1. The number of rotatable bonds is 2. The van der Waals surface area contributed by atoms with E-state index in [0.717, 1.165) is 10.9 Å². The highest BCUT2D eigenvalue weighted by Gasteiger charge is 1.80. The average molecular weight is 165 g/mol. The molecule has 0 saturated heterocycles. The molecule has 0 aromatic carbocycles. The molecule has 0 saturated carbocycles. The van der Waals surface area contributed by atoms with Crippen molar-refractivity contribution in [1.82, 2.24) is 0 Å². The van der Waals surface area contributed by atoms with Crippen LogP contribution in [0.15, 0.2) is 10.6 Å². The van der Waals surface area contributed by atoms with Gasteiger partial charge >= 0.3 is 0 Å². The fourth-order valence-corrected chi connectivity index (χ4v) is 0.610. The lowest BCUT2D eigenvalue weighted by molar-refractivity contribution is 0.340. The van der Waals surface area contributed by atoms with Gasteiger partial charge in [-0.1, -0.05) is 28.9 Å². The molecule has 0 aliphatic heterocycles. The van der Waals surface area contributed by atoms with Crippen LogP contribution in [0.25, 0.3) is 0 Å². The van der Waals surface area contributed by atoms with E-state index in [1.54, 1.807) is 0 Å². The molecule has 0 atom stereocenters. The van der Waals surface area contributed by atoms with Crippen molar-refractivity contribution in [2.75, 3.05) is 6.61 Å². The minimum Gasteiger partial charge on any atom is -0.391 e. The summed E-state index contributed by atoms with van der Waals surface area (Å²) in [6, 6.07) is 0. The maximum Gasteiger partial charge on any atom is 0.0743 e. The smallest absolute Gasteiger partial charge is 0.0743 e. The van der Waals surface area contributed by atoms with Gasteiger partial charge < -0.3 is 5.11 Å². The van der Waals surface area contributed by atoms with Crippen LogP contribution in [0.3, 0.4) is 0 Å². The standard InChI is InChI=1S/C5H9BrO/c1-2-3-5(6)4-7/h3,7H,2,4H2,1H3/b5-3-. The van der Waals surface area contributed by atoms with Gasteiger partial charge in [-0.25, -0.2) is 0 Å². The van der Waals surface area contributed by atoms with Gasteiger partial charge in [0, 0.05) is 4.48 Å². The molecule has 7 heavy (non-hydrogen) atoms. The number of aliphatic hydroxyl groups excluding tert-OH is 1. The second-order valence-electron chi connectivity index (χ2n) is 1.22. The Morgan fingerprint density at radius 2 is 2.43 bits per heavy atom. The molecule has 0 bridgehead atoms. The van der Waals surface area contributed by atoms with Gasteiger partial charge in [0.15, 0.2) is 0 Å². The Balaban J connectivity index is 3.29. The normalized spacial score (nSPS) is 12.1. The van der Waals surface area contributed by atoms with Crippen LogP contribution in [0.4, 0.5) is 0 Å². The highest BCUT2D eigenvalue weighted by molar-refractivity contribution is 9.11. The summed E-state index contributed by atoms with van der Waals surface area (Å²) < 4.78 is 0.870. The first kappa shape index (κ1) is 7.18. The molecule has 0 aliphatic carbocycles. The number of allylic oxidation sites excluding steroid dienone is 1. The third kappa shape index (κ3) is 4.02. The zero-order valence-electron chi connectivity index (χ0n) is 4.32. The Bertz CT molecular complexity index is 68.5. The van der Waals surface area contributed by atoms with Crippen LogP contribution in [0.5, 0.6) is 0 Å². The van der Waals surface area contributed by atoms with Crippen LogP contribution in [-0.4, -0.2) is 11.7 Å². The van der Waals surface area contributed by atoms with Gasteiger partial charge in [-0.2, -0.15) is 0 Å². The summed E-state index contributed by atoms with van der Waals surface area (Å²) in [7, 11) is 0. The molecule has 2 heteroatoms. The predicted octanol–water partition coefficient (Wildman–Crippen LogP) is 1.67. The lowest BCUT2D eigenvalue weighted by Gasteiger charge is -1.85. The third-order valence-corrected chi connectivity index (χ3v) is 1.15. The molecule has 0 radical (unpaired) electrons. The van der Waals surface area contributed by atoms with E-state index in [-0.39, 0.29) is 6.61 Å². The number of halogens is 1. The summed E-state index contributed by atoms with van der Waals surface area (Å²) in [5.74, 6) is 0. The quantitative estimate of drug-likeness (QED) is 0.659. The summed E-state index contributed by atoms with van der Waals surface area (Å²) in [6.45, 7) is 2.14. The van der Waals surface area contributed by atoms with Gasteiger partial charge in [-0.15, -0.1) is 0 Å². The highest BCUT2D eigenvalue weighted by atomic mass is 79.9. The molecular weight excluding hydrogens is 156 g/mol. The molecule has 0 spiro atoms. The lowest BCUT2D eigenvalue weighted by atomic mass is 10.4. The average Bonchev–Trinajstić information content (AvgIpc) is 1.68. The monoisotopic (exact) mass is 164 g/mol. The SMILES string of the molecule is CC/C=C(\Br)CO. The Morgan fingerprint density at radius 1 is 1.86 bits per heavy atom. The maximum atomic E-state index is 8.35. The molecule has 1 nitrogen and oxygen atoms in total. The fourth-order valence-electron chi connectivity index (χ4n) is 0.286. The third-order valence-electron chi connectivity index (χ3n) is 0.577. The van der Waals surface area contributed by atoms with Crippen LogP contribution < -0.4 is 0 Å². The van der Waals surface area contributed by atoms with Crippen LogP contribution in [-0.2, 0) is 0 Å². The van der Waals surface area contributed by atoms with E-state index in [1.165, 1.54) is 0 Å². The Morgan fingerprint density at radius 3 is 2.57 bits per heavy atom. The zero-order valence-corrected chi connectivity index (χ0v) is 5.90. The highest BCUT2D eigenvalue weighted by Crippen LogP contribution is 2.02. The molecule has 0 aromatic heterocycles. The Hall–Kier alpha value is 0.180. The molecule has 0 rings (SSSR count). The molecular formula is C5H9BrO. The number of aliphatic hydroxyl groups is 1. The lowest BCUT2D eigenvalue weighted by Crippen LogP contribution is -1.77. The van der Waals surface area contributed by atoms with Crippen molar-refractivity contribution < 1.29 is 5.11 Å². The topological polar surface area (TPSA) is 20.2 Å². The molecule has 1 N–H and O–H groups in total. The predicted molar refractivity (Wildman–Crippen MR) is 34.4 cm³/mol. The first-order valence-electron chi connectivity index (χ1n) is 2.26. The van der Waals surface area contributed by atoms with Crippen LogP contribution in [0.2, 0.25) is 0 Å². The molecule has 0 heterocycles. The van der Waals surface area contributed by atoms with E-state index < -0.39 is 0 Å². The Kier molecular flexibility index (Phi) is 4.45. The van der Waals surface area contributed by atoms with Crippen molar-refractivity contribution >= 4 is 15.9 Å². The van der Waals surface area contributed by atoms with Gasteiger partial charge in [0.05, 0.1) is 6.61 Å². The molecule has 0 aliphatic rings. The van der Waals surface area contributed by atoms with E-state index in [4.69, 9.17) is 5.11 Å². The van der Waals surface area contributed by atoms with Crippen LogP contribution >= 0.6 is 15.9 Å². The van der Waals surface area contributed by atoms with E-state index in [1.807, 2.05) is 13.0 Å². The summed E-state index contributed by atoms with van der Waals surface area (Å²) in [5.41, 5.74) is 0. The van der Waals surface area contributed by atoms with E-state index in [2.05, 4.69) is 15.9 Å². The molecule has 0 fully saturated rings. The van der Waals surface area contributed by atoms with E-state index >= 15 is 0 Å². The second-order valence-corrected chi connectivity index (χ2v) is 2.24. The van der Waals surface area contributed by atoms with Gasteiger partial charge in [0.2, 0.25) is 0 Å². The van der Waals surface area contributed by atoms with Gasteiger partial charge in [0.1, 0.15) is 0 Å². The minimum absolute atomic E-state index is 0.119. The van der Waals surface area contributed by atoms with Gasteiger partial charge in [0.25, 0.3) is 0 Å². The molecule has 0 amide bonds. The Labute approximate surface area is 52.2 Å². The summed E-state index contributed by atoms with van der Waals surface area (Å²) in [5, 5.41) is 8.35. The zero-order chi connectivity index (χ0) is 5.70. The van der Waals surface area contributed by atoms with Crippen molar-refractivity contribution in [1.29, 1.82) is 0 Å². The minimum atomic E-state index is 0.119. The van der Waals surface area contributed by atoms with Gasteiger partial charge in [-0.3, -0.25) is 0 Å². The van der Waals surface area contributed by atoms with E-state index in [0.29, 0.717) is 0 Å². The fraction of sp³-hybridized carbons (Fsp3) is 0.600. The summed E-state index contributed by atoms with van der Waals surface area (Å²) in [4.78, 5) is 0. The maximum absolute atomic E-state index is 8.35. The van der Waals surface area contributed by atoms with E-state index in [9.17, 15) is 0 Å². The first-order chi connectivity index (χ1) is 3.31. The largest absolute Gasteiger partial charge is 0.391 e. The van der Waals surface area contributed by atoms with Crippen molar-refractivity contribution in [2.24, 2.45) is 0 Å². The van der Waals surface area contributed by atoms with Crippen molar-refractivity contribution in [3.63, 3.8) is 0 Å². The van der Waals surface area contributed by atoms with Crippen molar-refractivity contribution in [3.05, 3.63) is 10.6 Å². The number of hydrogen-bond acceptors (Lipinski definition) is 1. The van der Waals surface area contributed by atoms with Crippen LogP contribution in [0.1, 0.15) is 13.3 Å². The summed E-state index contributed by atoms with van der Waals surface area (Å²) in [6.07, 6.45) is 2.90. The second kappa shape index (κ2) is 4.34. The summed E-state index contributed by atoms with van der Waals surface area (Å²) >= 11 is 3.15. The van der Waals surface area contributed by atoms with Crippen molar-refractivity contribution in [3.8, 4) is 0 Å². The van der Waals surface area contributed by atoms with Gasteiger partial charge in [-0.05, 0) is 6.42 Å². The van der Waals surface area contributed by atoms with Crippen molar-refractivity contribution in [2.45, 2.75) is 13.3 Å².